The van der Waals surface area contributed by atoms with Crippen LogP contribution in [-0.4, -0.2) is 25.7 Å². The first-order valence-electron chi connectivity index (χ1n) is 11.4. The molecule has 152 valence electrons. The quantitative estimate of drug-likeness (QED) is 0.328. The molecule has 1 aliphatic rings. The number of aromatic nitrogens is 2. The van der Waals surface area contributed by atoms with E-state index in [4.69, 9.17) is 25.1 Å². The van der Waals surface area contributed by atoms with Gasteiger partial charge in [-0.05, 0) is 36.2 Å². The minimum absolute atomic E-state index is 0.283. The van der Waals surface area contributed by atoms with E-state index < -0.39 is 5.21 Å². The minimum Gasteiger partial charge on any atom is -0.437 e. The van der Waals surface area contributed by atoms with Gasteiger partial charge in [-0.1, -0.05) is 73.2 Å². The maximum absolute atomic E-state index is 6.71. The van der Waals surface area contributed by atoms with Crippen molar-refractivity contribution in [1.82, 2.24) is 9.97 Å². The Labute approximate surface area is 190 Å². The topological polar surface area (TPSA) is 38.9 Å². The van der Waals surface area contributed by atoms with Crippen LogP contribution >= 0.6 is 0 Å². The highest BCUT2D eigenvalue weighted by molar-refractivity contribution is 6.40. The highest BCUT2D eigenvalue weighted by Gasteiger charge is 2.31. The molecular weight excluding hydrogens is 390 g/mol. The second kappa shape index (κ2) is 7.51. The molecule has 2 aromatic carbocycles. The molecular formula is C27H22B2N2O. The molecule has 0 bridgehead atoms. The van der Waals surface area contributed by atoms with Crippen LogP contribution in [0.1, 0.15) is 37.7 Å². The number of nitrogens with zero attached hydrogens (tertiary/aromatic N) is 2. The molecule has 0 aliphatic heterocycles. The normalized spacial score (nSPS) is 15.6. The minimum atomic E-state index is -0.862. The third-order valence-corrected chi connectivity index (χ3v) is 7.01. The van der Waals surface area contributed by atoms with Gasteiger partial charge in [-0.25, -0.2) is 4.98 Å². The molecule has 6 rings (SSSR count). The van der Waals surface area contributed by atoms with Crippen molar-refractivity contribution in [2.45, 2.75) is 37.3 Å². The first-order valence-corrected chi connectivity index (χ1v) is 11.4. The Morgan fingerprint density at radius 3 is 2.59 bits per heavy atom. The second-order valence-corrected chi connectivity index (χ2v) is 9.02. The summed E-state index contributed by atoms with van der Waals surface area (Å²) in [7, 11) is 13.4. The summed E-state index contributed by atoms with van der Waals surface area (Å²) >= 11 is 0. The number of para-hydroxylation sites is 2. The molecule has 0 amide bonds. The van der Waals surface area contributed by atoms with Gasteiger partial charge in [0.05, 0.1) is 26.9 Å². The summed E-state index contributed by atoms with van der Waals surface area (Å²) in [6.07, 6.45) is 7.60. The summed E-state index contributed by atoms with van der Waals surface area (Å²) < 4.78 is 6.27. The first-order chi connectivity index (χ1) is 15.6. The van der Waals surface area contributed by atoms with Crippen LogP contribution in [0.25, 0.3) is 44.2 Å². The summed E-state index contributed by atoms with van der Waals surface area (Å²) in [6.45, 7) is 0. The molecule has 32 heavy (non-hydrogen) atoms. The van der Waals surface area contributed by atoms with E-state index >= 15 is 0 Å². The van der Waals surface area contributed by atoms with Gasteiger partial charge in [0.2, 0.25) is 5.71 Å². The molecule has 0 spiro atoms. The van der Waals surface area contributed by atoms with Crippen molar-refractivity contribution in [2.24, 2.45) is 5.92 Å². The maximum atomic E-state index is 6.71. The van der Waals surface area contributed by atoms with Crippen molar-refractivity contribution < 1.29 is 4.42 Å². The zero-order chi connectivity index (χ0) is 21.7. The zero-order valence-electron chi connectivity index (χ0n) is 17.9. The Morgan fingerprint density at radius 1 is 0.875 bits per heavy atom. The molecule has 1 fully saturated rings. The third kappa shape index (κ3) is 3.14. The summed E-state index contributed by atoms with van der Waals surface area (Å²) in [5, 5.41) is 2.27. The van der Waals surface area contributed by atoms with Crippen molar-refractivity contribution >= 4 is 48.7 Å². The Bertz CT molecular complexity index is 1450. The van der Waals surface area contributed by atoms with Crippen molar-refractivity contribution in [3.05, 3.63) is 72.4 Å². The average molecular weight is 412 g/mol. The second-order valence-electron chi connectivity index (χ2n) is 9.02. The van der Waals surface area contributed by atoms with E-state index in [0.717, 1.165) is 56.9 Å². The van der Waals surface area contributed by atoms with Gasteiger partial charge >= 0.3 is 0 Å². The summed E-state index contributed by atoms with van der Waals surface area (Å²) in [4.78, 5) is 9.39. The first kappa shape index (κ1) is 19.6. The van der Waals surface area contributed by atoms with Gasteiger partial charge in [-0.2, -0.15) is 0 Å². The van der Waals surface area contributed by atoms with Crippen molar-refractivity contribution in [3.63, 3.8) is 0 Å². The number of rotatable bonds is 3. The van der Waals surface area contributed by atoms with Crippen LogP contribution in [0.5, 0.6) is 0 Å². The van der Waals surface area contributed by atoms with Crippen molar-refractivity contribution in [3.8, 4) is 11.3 Å². The van der Waals surface area contributed by atoms with E-state index in [9.17, 15) is 0 Å². The monoisotopic (exact) mass is 412 g/mol. The van der Waals surface area contributed by atoms with Crippen LogP contribution in [0.15, 0.2) is 71.3 Å². The van der Waals surface area contributed by atoms with Gasteiger partial charge in [-0.3, -0.25) is 4.98 Å². The van der Waals surface area contributed by atoms with Crippen LogP contribution in [-0.2, 0) is 5.21 Å². The highest BCUT2D eigenvalue weighted by Crippen LogP contribution is 2.39. The van der Waals surface area contributed by atoms with Crippen LogP contribution in [0.2, 0.25) is 0 Å². The van der Waals surface area contributed by atoms with E-state index in [1.165, 1.54) is 19.3 Å². The molecule has 4 radical (unpaired) electrons. The Hall–Kier alpha value is -3.07. The lowest BCUT2D eigenvalue weighted by Crippen LogP contribution is -2.37. The fourth-order valence-corrected chi connectivity index (χ4v) is 5.19. The lowest BCUT2D eigenvalue weighted by molar-refractivity contribution is 0.327. The van der Waals surface area contributed by atoms with Crippen LogP contribution in [0.3, 0.4) is 0 Å². The molecule has 3 aromatic heterocycles. The predicted molar refractivity (Wildman–Crippen MR) is 132 cm³/mol. The molecule has 5 heteroatoms. The zero-order valence-corrected chi connectivity index (χ0v) is 17.9. The summed E-state index contributed by atoms with van der Waals surface area (Å²) in [6, 6.07) is 20.4. The fourth-order valence-electron chi connectivity index (χ4n) is 5.19. The van der Waals surface area contributed by atoms with Gasteiger partial charge in [-0.15, -0.1) is 0 Å². The van der Waals surface area contributed by atoms with Crippen LogP contribution < -0.4 is 0 Å². The predicted octanol–water partition coefficient (Wildman–Crippen LogP) is 6.27. The number of benzene rings is 2. The summed E-state index contributed by atoms with van der Waals surface area (Å²) in [5.41, 5.74) is 5.00. The molecule has 0 unspecified atom stereocenters. The van der Waals surface area contributed by atoms with E-state index in [-0.39, 0.29) is 5.92 Å². The number of hydrogen-bond acceptors (Lipinski definition) is 3. The standard InChI is InChI=1S/C27H22B2N2O/c28-27(29,18-8-2-1-3-9-18)19-13-14-30-24(16-19)21-11-6-10-20-22-15-17-7-4-5-12-23(17)31-26(22)32-25(20)21/h4-7,10-16,18H,1-3,8-9H2. The molecule has 3 nitrogen and oxygen atoms in total. The largest absolute Gasteiger partial charge is 0.437 e. The molecule has 0 saturated heterocycles. The molecule has 1 saturated carbocycles. The Morgan fingerprint density at radius 2 is 1.72 bits per heavy atom. The van der Waals surface area contributed by atoms with Crippen molar-refractivity contribution in [2.75, 3.05) is 0 Å². The van der Waals surface area contributed by atoms with Gasteiger partial charge in [0.15, 0.2) is 0 Å². The van der Waals surface area contributed by atoms with E-state index in [0.29, 0.717) is 5.71 Å². The van der Waals surface area contributed by atoms with Gasteiger partial charge in [0.25, 0.3) is 0 Å². The van der Waals surface area contributed by atoms with Crippen LogP contribution in [0, 0.1) is 5.92 Å². The van der Waals surface area contributed by atoms with E-state index in [2.05, 4.69) is 23.2 Å². The number of hydrogen-bond donors (Lipinski definition) is 0. The fraction of sp³-hybridized carbons (Fsp3) is 0.259. The van der Waals surface area contributed by atoms with E-state index in [1.54, 1.807) is 6.20 Å². The molecule has 0 atom stereocenters. The SMILES string of the molecule is [B]C([B])(c1ccnc(-c2cccc3c2oc2nc4ccccc4cc23)c1)C1CCCCC1. The Balaban J connectivity index is 1.49. The number of fused-ring (bicyclic) bond motifs is 4. The average Bonchev–Trinajstić information content (AvgIpc) is 3.20. The molecule has 5 aromatic rings. The molecule has 3 heterocycles. The van der Waals surface area contributed by atoms with E-state index in [1.807, 2.05) is 42.5 Å². The lowest BCUT2D eigenvalue weighted by atomic mass is 9.43. The molecule has 1 aliphatic carbocycles. The van der Waals surface area contributed by atoms with Gasteiger partial charge in [0.1, 0.15) is 5.58 Å². The molecule has 0 N–H and O–H groups in total. The van der Waals surface area contributed by atoms with Gasteiger partial charge in [0, 0.05) is 27.9 Å². The maximum Gasteiger partial charge on any atom is 0.227 e. The highest BCUT2D eigenvalue weighted by atomic mass is 16.3. The number of pyridine rings is 2. The smallest absolute Gasteiger partial charge is 0.227 e. The van der Waals surface area contributed by atoms with Crippen LogP contribution in [0.4, 0.5) is 0 Å². The Kier molecular flexibility index (Phi) is 4.60. The number of furan rings is 1. The third-order valence-electron chi connectivity index (χ3n) is 7.01. The lowest BCUT2D eigenvalue weighted by Gasteiger charge is -2.38. The van der Waals surface area contributed by atoms with Crippen molar-refractivity contribution in [1.29, 1.82) is 0 Å². The van der Waals surface area contributed by atoms with Gasteiger partial charge < -0.3 is 4.42 Å². The summed E-state index contributed by atoms with van der Waals surface area (Å²) in [5.74, 6) is 0.283.